The number of esters is 1. The highest BCUT2D eigenvalue weighted by molar-refractivity contribution is 5.83. The number of carbonyl (C=O) groups is 2. The van der Waals surface area contributed by atoms with Crippen LogP contribution in [0.1, 0.15) is 37.3 Å². The monoisotopic (exact) mass is 371 g/mol. The molecule has 0 aliphatic rings. The fourth-order valence-corrected chi connectivity index (χ4v) is 2.87. The molecule has 144 valence electrons. The van der Waals surface area contributed by atoms with Gasteiger partial charge >= 0.3 is 5.97 Å². The van der Waals surface area contributed by atoms with Crippen LogP contribution in [0.4, 0.5) is 4.39 Å². The van der Waals surface area contributed by atoms with Crippen molar-refractivity contribution in [2.24, 2.45) is 5.92 Å². The molecule has 0 spiro atoms. The van der Waals surface area contributed by atoms with Gasteiger partial charge in [0.15, 0.2) is 6.61 Å². The molecule has 0 aromatic heterocycles. The maximum absolute atomic E-state index is 12.9. The van der Waals surface area contributed by atoms with Crippen molar-refractivity contribution in [2.75, 3.05) is 13.2 Å². The second-order valence-corrected chi connectivity index (χ2v) is 6.61. The van der Waals surface area contributed by atoms with Crippen molar-refractivity contribution in [2.45, 2.75) is 32.6 Å². The first-order chi connectivity index (χ1) is 13.0. The Morgan fingerprint density at radius 3 is 2.37 bits per heavy atom. The molecule has 0 aliphatic carbocycles. The Kier molecular flexibility index (Phi) is 7.99. The van der Waals surface area contributed by atoms with Crippen LogP contribution in [0.15, 0.2) is 54.6 Å². The van der Waals surface area contributed by atoms with E-state index in [2.05, 4.69) is 5.32 Å². The highest BCUT2D eigenvalue weighted by Crippen LogP contribution is 2.28. The van der Waals surface area contributed by atoms with Gasteiger partial charge in [0.2, 0.25) is 0 Å². The second kappa shape index (κ2) is 10.5. The molecule has 0 aliphatic heterocycles. The normalized spacial score (nSPS) is 12.9. The van der Waals surface area contributed by atoms with Gasteiger partial charge < -0.3 is 10.1 Å². The molecule has 5 heteroatoms. The number of halogens is 1. The van der Waals surface area contributed by atoms with Crippen LogP contribution in [0, 0.1) is 11.7 Å². The molecule has 1 N–H and O–H groups in total. The molecule has 0 heterocycles. The average Bonchev–Trinajstić information content (AvgIpc) is 2.68. The molecular formula is C22H26FNO3. The molecule has 2 atom stereocenters. The summed E-state index contributed by atoms with van der Waals surface area (Å²) in [4.78, 5) is 24.5. The van der Waals surface area contributed by atoms with Gasteiger partial charge in [-0.05, 0) is 35.6 Å². The van der Waals surface area contributed by atoms with E-state index in [0.717, 1.165) is 17.5 Å². The highest BCUT2D eigenvalue weighted by Gasteiger charge is 2.27. The highest BCUT2D eigenvalue weighted by atomic mass is 19.1. The van der Waals surface area contributed by atoms with Crippen LogP contribution in [-0.2, 0) is 20.7 Å². The lowest BCUT2D eigenvalue weighted by Gasteiger charge is -2.21. The van der Waals surface area contributed by atoms with E-state index in [1.807, 2.05) is 44.2 Å². The van der Waals surface area contributed by atoms with Crippen molar-refractivity contribution in [3.63, 3.8) is 0 Å². The maximum Gasteiger partial charge on any atom is 0.314 e. The Balaban J connectivity index is 1.81. The molecule has 27 heavy (non-hydrogen) atoms. The molecule has 0 bridgehead atoms. The molecule has 2 aromatic carbocycles. The molecule has 0 unspecified atom stereocenters. The first kappa shape index (κ1) is 20.6. The van der Waals surface area contributed by atoms with Gasteiger partial charge in [0.25, 0.3) is 5.91 Å². The van der Waals surface area contributed by atoms with Crippen molar-refractivity contribution in [3.05, 3.63) is 71.5 Å². The van der Waals surface area contributed by atoms with Crippen LogP contribution < -0.4 is 5.32 Å². The fraction of sp³-hybridized carbons (Fsp3) is 0.364. The van der Waals surface area contributed by atoms with E-state index in [-0.39, 0.29) is 36.1 Å². The summed E-state index contributed by atoms with van der Waals surface area (Å²) in [6.07, 6.45) is 1.41. The quantitative estimate of drug-likeness (QED) is 0.681. The van der Waals surface area contributed by atoms with Gasteiger partial charge in [-0.25, -0.2) is 4.39 Å². The lowest BCUT2D eigenvalue weighted by atomic mass is 9.86. The molecular weight excluding hydrogens is 345 g/mol. The summed E-state index contributed by atoms with van der Waals surface area (Å²) >= 11 is 0. The molecule has 4 nitrogen and oxygen atoms in total. The minimum atomic E-state index is -0.386. The number of hydrogen-bond acceptors (Lipinski definition) is 3. The lowest BCUT2D eigenvalue weighted by molar-refractivity contribution is -0.151. The van der Waals surface area contributed by atoms with Crippen molar-refractivity contribution < 1.29 is 18.7 Å². The van der Waals surface area contributed by atoms with Gasteiger partial charge in [0.05, 0.1) is 5.92 Å². The number of carbonyl (C=O) groups excluding carboxylic acids is 2. The number of rotatable bonds is 9. The fourth-order valence-electron chi connectivity index (χ4n) is 2.87. The molecule has 1 amide bonds. The van der Waals surface area contributed by atoms with Crippen molar-refractivity contribution in [1.29, 1.82) is 0 Å². The van der Waals surface area contributed by atoms with E-state index in [1.54, 1.807) is 12.1 Å². The average molecular weight is 371 g/mol. The topological polar surface area (TPSA) is 55.4 Å². The van der Waals surface area contributed by atoms with Crippen molar-refractivity contribution >= 4 is 11.9 Å². The van der Waals surface area contributed by atoms with E-state index in [1.165, 1.54) is 12.1 Å². The standard InChI is InChI=1S/C22H26FNO3/c1-3-16(2)21(18-7-5-4-6-8-18)22(26)27-15-20(25)24-14-13-17-9-11-19(23)12-10-17/h4-12,16,21H,3,13-15H2,1-2H3,(H,24,25)/t16-,21+/m0/s1. The smallest absolute Gasteiger partial charge is 0.314 e. The predicted molar refractivity (Wildman–Crippen MR) is 103 cm³/mol. The zero-order valence-electron chi connectivity index (χ0n) is 15.8. The molecule has 0 radical (unpaired) electrons. The third-order valence-electron chi connectivity index (χ3n) is 4.62. The maximum atomic E-state index is 12.9. The molecule has 2 rings (SSSR count). The van der Waals surface area contributed by atoms with Crippen molar-refractivity contribution in [1.82, 2.24) is 5.32 Å². The number of amides is 1. The van der Waals surface area contributed by atoms with Gasteiger partial charge in [-0.15, -0.1) is 0 Å². The lowest BCUT2D eigenvalue weighted by Crippen LogP contribution is -2.32. The van der Waals surface area contributed by atoms with Crippen LogP contribution in [-0.4, -0.2) is 25.0 Å². The summed E-state index contributed by atoms with van der Waals surface area (Å²) < 4.78 is 18.1. The van der Waals surface area contributed by atoms with Crippen LogP contribution >= 0.6 is 0 Å². The van der Waals surface area contributed by atoms with Crippen LogP contribution in [0.2, 0.25) is 0 Å². The Morgan fingerprint density at radius 2 is 1.74 bits per heavy atom. The Morgan fingerprint density at radius 1 is 1.07 bits per heavy atom. The van der Waals surface area contributed by atoms with E-state index in [0.29, 0.717) is 13.0 Å². The van der Waals surface area contributed by atoms with E-state index >= 15 is 0 Å². The van der Waals surface area contributed by atoms with Gasteiger partial charge in [-0.2, -0.15) is 0 Å². The van der Waals surface area contributed by atoms with E-state index < -0.39 is 0 Å². The van der Waals surface area contributed by atoms with Gasteiger partial charge in [0.1, 0.15) is 5.82 Å². The summed E-state index contributed by atoms with van der Waals surface area (Å²) in [6, 6.07) is 15.6. The second-order valence-electron chi connectivity index (χ2n) is 6.61. The zero-order chi connectivity index (χ0) is 19.6. The number of benzene rings is 2. The SMILES string of the molecule is CC[C@H](C)[C@@H](C(=O)OCC(=O)NCCc1ccc(F)cc1)c1ccccc1. The molecule has 0 saturated carbocycles. The van der Waals surface area contributed by atoms with E-state index in [9.17, 15) is 14.0 Å². The minimum absolute atomic E-state index is 0.112. The first-order valence-corrected chi connectivity index (χ1v) is 9.24. The number of nitrogens with one attached hydrogen (secondary N) is 1. The van der Waals surface area contributed by atoms with Crippen LogP contribution in [0.25, 0.3) is 0 Å². The summed E-state index contributed by atoms with van der Waals surface area (Å²) in [5.74, 6) is -1.29. The van der Waals surface area contributed by atoms with Gasteiger partial charge in [-0.3, -0.25) is 9.59 Å². The summed E-state index contributed by atoms with van der Waals surface area (Å²) in [5.41, 5.74) is 1.82. The summed E-state index contributed by atoms with van der Waals surface area (Å²) in [7, 11) is 0. The Labute approximate surface area is 159 Å². The van der Waals surface area contributed by atoms with Gasteiger partial charge in [-0.1, -0.05) is 62.7 Å². The summed E-state index contributed by atoms with van der Waals surface area (Å²) in [5, 5.41) is 2.71. The zero-order valence-corrected chi connectivity index (χ0v) is 15.8. The first-order valence-electron chi connectivity index (χ1n) is 9.24. The third-order valence-corrected chi connectivity index (χ3v) is 4.62. The molecule has 0 fully saturated rings. The number of hydrogen-bond donors (Lipinski definition) is 1. The van der Waals surface area contributed by atoms with E-state index in [4.69, 9.17) is 4.74 Å². The number of ether oxygens (including phenoxy) is 1. The predicted octanol–water partition coefficient (Wildman–Crippen LogP) is 3.86. The third kappa shape index (κ3) is 6.51. The Hall–Kier alpha value is -2.69. The largest absolute Gasteiger partial charge is 0.455 e. The van der Waals surface area contributed by atoms with Crippen LogP contribution in [0.3, 0.4) is 0 Å². The molecule has 0 saturated heterocycles. The Bertz CT molecular complexity index is 731. The minimum Gasteiger partial charge on any atom is -0.455 e. The summed E-state index contributed by atoms with van der Waals surface area (Å²) in [6.45, 7) is 4.12. The van der Waals surface area contributed by atoms with Gasteiger partial charge in [0, 0.05) is 6.54 Å². The van der Waals surface area contributed by atoms with Crippen LogP contribution in [0.5, 0.6) is 0 Å². The van der Waals surface area contributed by atoms with Crippen molar-refractivity contribution in [3.8, 4) is 0 Å². The molecule has 2 aromatic rings.